The lowest BCUT2D eigenvalue weighted by Crippen LogP contribution is -2.26. The molecular weight excluding hydrogens is 364 g/mol. The first-order valence-electron chi connectivity index (χ1n) is 8.69. The van der Waals surface area contributed by atoms with Crippen molar-refractivity contribution in [2.45, 2.75) is 25.8 Å². The van der Waals surface area contributed by atoms with E-state index in [1.165, 1.54) is 0 Å². The molecule has 1 atom stereocenters. The van der Waals surface area contributed by atoms with Crippen LogP contribution in [0.15, 0.2) is 59.1 Å². The maximum absolute atomic E-state index is 12.2. The number of methoxy groups -OCH3 is 1. The molecule has 1 N–H and O–H groups in total. The Hall–Kier alpha value is -2.79. The molecule has 3 rings (SSSR count). The summed E-state index contributed by atoms with van der Waals surface area (Å²) in [5, 5.41) is 3.65. The van der Waals surface area contributed by atoms with Gasteiger partial charge in [0.1, 0.15) is 5.75 Å². The molecular formula is C21H21ClN2O3. The molecule has 2 aromatic carbocycles. The van der Waals surface area contributed by atoms with Crippen LogP contribution in [0, 0.1) is 0 Å². The fraction of sp³-hybridized carbons (Fsp3) is 0.238. The van der Waals surface area contributed by atoms with E-state index in [0.717, 1.165) is 16.9 Å². The summed E-state index contributed by atoms with van der Waals surface area (Å²) in [6.07, 6.45) is 2.42. The fourth-order valence-electron chi connectivity index (χ4n) is 2.68. The predicted molar refractivity (Wildman–Crippen MR) is 105 cm³/mol. The van der Waals surface area contributed by atoms with Gasteiger partial charge in [-0.15, -0.1) is 0 Å². The number of hydrogen-bond acceptors (Lipinski definition) is 4. The Bertz CT molecular complexity index is 889. The second-order valence-electron chi connectivity index (χ2n) is 6.19. The van der Waals surface area contributed by atoms with Gasteiger partial charge in [0.15, 0.2) is 11.7 Å². The summed E-state index contributed by atoms with van der Waals surface area (Å²) >= 11 is 5.89. The van der Waals surface area contributed by atoms with E-state index in [-0.39, 0.29) is 11.9 Å². The van der Waals surface area contributed by atoms with Crippen molar-refractivity contribution in [1.29, 1.82) is 0 Å². The minimum Gasteiger partial charge on any atom is -0.497 e. The van der Waals surface area contributed by atoms with Gasteiger partial charge in [-0.2, -0.15) is 0 Å². The molecule has 0 spiro atoms. The van der Waals surface area contributed by atoms with E-state index in [1.54, 1.807) is 13.3 Å². The van der Waals surface area contributed by atoms with Gasteiger partial charge in [-0.25, -0.2) is 4.98 Å². The zero-order chi connectivity index (χ0) is 19.2. The highest BCUT2D eigenvalue weighted by Crippen LogP contribution is 2.23. The number of ether oxygens (including phenoxy) is 1. The lowest BCUT2D eigenvalue weighted by atomic mass is 10.1. The number of hydrogen-bond donors (Lipinski definition) is 1. The van der Waals surface area contributed by atoms with Gasteiger partial charge in [0.25, 0.3) is 0 Å². The molecule has 0 aliphatic rings. The largest absolute Gasteiger partial charge is 0.497 e. The summed E-state index contributed by atoms with van der Waals surface area (Å²) in [5.74, 6) is 1.93. The molecule has 0 fully saturated rings. The third-order valence-electron chi connectivity index (χ3n) is 4.24. The molecule has 0 aliphatic carbocycles. The number of halogens is 1. The Morgan fingerprint density at radius 1 is 1.19 bits per heavy atom. The van der Waals surface area contributed by atoms with Gasteiger partial charge >= 0.3 is 0 Å². The quantitative estimate of drug-likeness (QED) is 0.634. The van der Waals surface area contributed by atoms with E-state index >= 15 is 0 Å². The number of carbonyl (C=O) groups is 1. The van der Waals surface area contributed by atoms with Gasteiger partial charge in [-0.1, -0.05) is 23.7 Å². The van der Waals surface area contributed by atoms with Gasteiger partial charge in [0.05, 0.1) is 19.3 Å². The van der Waals surface area contributed by atoms with Crippen molar-refractivity contribution in [2.24, 2.45) is 0 Å². The molecule has 5 nitrogen and oxygen atoms in total. The Labute approximate surface area is 163 Å². The highest BCUT2D eigenvalue weighted by atomic mass is 35.5. The monoisotopic (exact) mass is 384 g/mol. The van der Waals surface area contributed by atoms with Crippen LogP contribution in [0.5, 0.6) is 5.75 Å². The molecule has 0 saturated carbocycles. The summed E-state index contributed by atoms with van der Waals surface area (Å²) < 4.78 is 10.9. The van der Waals surface area contributed by atoms with E-state index in [0.29, 0.717) is 29.5 Å². The molecule has 0 radical (unpaired) electrons. The third-order valence-corrected chi connectivity index (χ3v) is 4.49. The molecule has 0 aliphatic heterocycles. The lowest BCUT2D eigenvalue weighted by Gasteiger charge is -2.14. The molecule has 27 heavy (non-hydrogen) atoms. The van der Waals surface area contributed by atoms with E-state index < -0.39 is 0 Å². The Morgan fingerprint density at radius 3 is 2.56 bits per heavy atom. The lowest BCUT2D eigenvalue weighted by molar-refractivity contribution is -0.121. The van der Waals surface area contributed by atoms with E-state index in [1.807, 2.05) is 55.5 Å². The summed E-state index contributed by atoms with van der Waals surface area (Å²) in [7, 11) is 1.63. The summed E-state index contributed by atoms with van der Waals surface area (Å²) in [5.41, 5.74) is 1.92. The number of nitrogens with one attached hydrogen (secondary N) is 1. The van der Waals surface area contributed by atoms with Crippen molar-refractivity contribution in [3.63, 3.8) is 0 Å². The predicted octanol–water partition coefficient (Wildman–Crippen LogP) is 4.81. The Morgan fingerprint density at radius 2 is 1.89 bits per heavy atom. The van der Waals surface area contributed by atoms with Crippen molar-refractivity contribution in [3.8, 4) is 17.1 Å². The molecule has 6 heteroatoms. The maximum atomic E-state index is 12.2. The van der Waals surface area contributed by atoms with Crippen LogP contribution in [-0.2, 0) is 11.2 Å². The number of amides is 1. The van der Waals surface area contributed by atoms with Crippen LogP contribution in [-0.4, -0.2) is 18.0 Å². The standard InChI is InChI=1S/C21H21ClN2O3/c1-14(15-3-7-17(22)8-4-15)24-20(25)11-12-21-23-13-19(27-21)16-5-9-18(26-2)10-6-16/h3-10,13-14H,11-12H2,1-2H3,(H,24,25)/t14-/m1/s1. The SMILES string of the molecule is COc1ccc(-c2cnc(CCC(=O)N[C@H](C)c3ccc(Cl)cc3)o2)cc1. The van der Waals surface area contributed by atoms with Gasteiger partial charge < -0.3 is 14.5 Å². The topological polar surface area (TPSA) is 64.4 Å². The smallest absolute Gasteiger partial charge is 0.220 e. The van der Waals surface area contributed by atoms with Gasteiger partial charge in [0, 0.05) is 23.4 Å². The van der Waals surface area contributed by atoms with Gasteiger partial charge in [-0.05, 0) is 48.9 Å². The van der Waals surface area contributed by atoms with Crippen molar-refractivity contribution < 1.29 is 13.9 Å². The van der Waals surface area contributed by atoms with Gasteiger partial charge in [0.2, 0.25) is 5.91 Å². The van der Waals surface area contributed by atoms with Crippen LogP contribution in [0.25, 0.3) is 11.3 Å². The number of aryl methyl sites for hydroxylation is 1. The van der Waals surface area contributed by atoms with Crippen LogP contribution in [0.4, 0.5) is 0 Å². The molecule has 0 unspecified atom stereocenters. The van der Waals surface area contributed by atoms with E-state index in [4.69, 9.17) is 20.8 Å². The number of rotatable bonds is 7. The normalized spacial score (nSPS) is 11.8. The van der Waals surface area contributed by atoms with Crippen LogP contribution in [0.2, 0.25) is 5.02 Å². The first kappa shape index (κ1) is 19.0. The molecule has 1 amide bonds. The van der Waals surface area contributed by atoms with Crippen LogP contribution in [0.1, 0.15) is 30.8 Å². The summed E-state index contributed by atoms with van der Waals surface area (Å²) in [6.45, 7) is 1.94. The number of carbonyl (C=O) groups excluding carboxylic acids is 1. The molecule has 1 heterocycles. The number of oxazole rings is 1. The van der Waals surface area contributed by atoms with Crippen molar-refractivity contribution in [3.05, 3.63) is 71.2 Å². The molecule has 3 aromatic rings. The number of aromatic nitrogens is 1. The fourth-order valence-corrected chi connectivity index (χ4v) is 2.81. The first-order valence-corrected chi connectivity index (χ1v) is 9.07. The average molecular weight is 385 g/mol. The molecule has 0 saturated heterocycles. The Balaban J connectivity index is 1.53. The van der Waals surface area contributed by atoms with Crippen molar-refractivity contribution in [2.75, 3.05) is 7.11 Å². The van der Waals surface area contributed by atoms with Crippen LogP contribution in [0.3, 0.4) is 0 Å². The summed E-state index contributed by atoms with van der Waals surface area (Å²) in [6, 6.07) is 14.9. The van der Waals surface area contributed by atoms with E-state index in [2.05, 4.69) is 10.3 Å². The maximum Gasteiger partial charge on any atom is 0.220 e. The van der Waals surface area contributed by atoms with E-state index in [9.17, 15) is 4.79 Å². The molecule has 140 valence electrons. The van der Waals surface area contributed by atoms with Crippen molar-refractivity contribution in [1.82, 2.24) is 10.3 Å². The molecule has 0 bridgehead atoms. The minimum absolute atomic E-state index is 0.0540. The van der Waals surface area contributed by atoms with Crippen LogP contribution >= 0.6 is 11.6 Å². The van der Waals surface area contributed by atoms with Gasteiger partial charge in [-0.3, -0.25) is 4.79 Å². The number of benzene rings is 2. The number of nitrogens with zero attached hydrogens (tertiary/aromatic N) is 1. The summed E-state index contributed by atoms with van der Waals surface area (Å²) in [4.78, 5) is 16.5. The zero-order valence-electron chi connectivity index (χ0n) is 15.2. The second-order valence-corrected chi connectivity index (χ2v) is 6.62. The highest BCUT2D eigenvalue weighted by molar-refractivity contribution is 6.30. The third kappa shape index (κ3) is 5.11. The minimum atomic E-state index is -0.0887. The zero-order valence-corrected chi connectivity index (χ0v) is 16.0. The van der Waals surface area contributed by atoms with Crippen molar-refractivity contribution >= 4 is 17.5 Å². The Kier molecular flexibility index (Phi) is 6.14. The highest BCUT2D eigenvalue weighted by Gasteiger charge is 2.12. The molecule has 1 aromatic heterocycles. The first-order chi connectivity index (χ1) is 13.0. The second kappa shape index (κ2) is 8.73. The average Bonchev–Trinajstić information content (AvgIpc) is 3.16. The van der Waals surface area contributed by atoms with Crippen LogP contribution < -0.4 is 10.1 Å².